The van der Waals surface area contributed by atoms with Crippen molar-refractivity contribution in [2.45, 2.75) is 33.2 Å². The molecule has 1 aliphatic heterocycles. The van der Waals surface area contributed by atoms with Gasteiger partial charge in [-0.05, 0) is 49.9 Å². The fourth-order valence-electron chi connectivity index (χ4n) is 2.92. The minimum absolute atomic E-state index is 0.309. The normalized spacial score (nSPS) is 18.0. The summed E-state index contributed by atoms with van der Waals surface area (Å²) in [5, 5.41) is 0.328. The number of rotatable bonds is 1. The second-order valence-electron chi connectivity index (χ2n) is 5.34. The molecule has 1 aromatic heterocycles. The molecule has 0 saturated heterocycles. The van der Waals surface area contributed by atoms with Crippen LogP contribution in [-0.4, -0.2) is 16.5 Å². The average Bonchev–Trinajstić information content (AvgIpc) is 2.44. The summed E-state index contributed by atoms with van der Waals surface area (Å²) in [4.78, 5) is 11.0. The third-order valence-corrected chi connectivity index (χ3v) is 4.37. The minimum Gasteiger partial charge on any atom is -0.349 e. The van der Waals surface area contributed by atoms with Crippen molar-refractivity contribution in [2.24, 2.45) is 0 Å². The molecule has 0 fully saturated rings. The molecule has 0 bridgehead atoms. The number of aryl methyl sites for hydroxylation is 1. The van der Waals surface area contributed by atoms with Crippen molar-refractivity contribution < 1.29 is 0 Å². The van der Waals surface area contributed by atoms with E-state index in [1.54, 1.807) is 0 Å². The quantitative estimate of drug-likeness (QED) is 0.746. The van der Waals surface area contributed by atoms with E-state index in [2.05, 4.69) is 53.0 Å². The number of anilines is 1. The lowest BCUT2D eigenvalue weighted by molar-refractivity contribution is 0.614. The number of halogens is 1. The van der Waals surface area contributed by atoms with E-state index < -0.39 is 0 Å². The number of benzene rings is 1. The van der Waals surface area contributed by atoms with E-state index in [0.29, 0.717) is 11.3 Å². The molecule has 2 aromatic rings. The Morgan fingerprint density at radius 1 is 1.20 bits per heavy atom. The lowest BCUT2D eigenvalue weighted by Gasteiger charge is -2.37. The Bertz CT molecular complexity index is 654. The molecular formula is C16H18ClN3. The highest BCUT2D eigenvalue weighted by Crippen LogP contribution is 2.34. The van der Waals surface area contributed by atoms with Crippen molar-refractivity contribution >= 4 is 17.4 Å². The van der Waals surface area contributed by atoms with Gasteiger partial charge in [0.2, 0.25) is 5.28 Å². The van der Waals surface area contributed by atoms with Crippen molar-refractivity contribution in [3.63, 3.8) is 0 Å². The van der Waals surface area contributed by atoms with E-state index in [9.17, 15) is 0 Å². The molecule has 0 aliphatic carbocycles. The smallest absolute Gasteiger partial charge is 0.224 e. The summed E-state index contributed by atoms with van der Waals surface area (Å²) in [6, 6.07) is 8.94. The number of aromatic nitrogens is 2. The van der Waals surface area contributed by atoms with Crippen molar-refractivity contribution in [1.29, 1.82) is 0 Å². The zero-order chi connectivity index (χ0) is 14.3. The Hall–Kier alpha value is -1.61. The van der Waals surface area contributed by atoms with Crippen molar-refractivity contribution in [2.75, 3.05) is 11.4 Å². The van der Waals surface area contributed by atoms with Gasteiger partial charge < -0.3 is 4.90 Å². The van der Waals surface area contributed by atoms with E-state index in [0.717, 1.165) is 30.0 Å². The molecule has 3 nitrogen and oxygen atoms in total. The fourth-order valence-corrected chi connectivity index (χ4v) is 3.13. The van der Waals surface area contributed by atoms with Crippen LogP contribution in [0, 0.1) is 13.8 Å². The number of fused-ring (bicyclic) bond motifs is 1. The van der Waals surface area contributed by atoms with Crippen molar-refractivity contribution in [3.8, 4) is 0 Å². The number of hydrogen-bond acceptors (Lipinski definition) is 3. The largest absolute Gasteiger partial charge is 0.349 e. The van der Waals surface area contributed by atoms with Gasteiger partial charge in [-0.25, -0.2) is 9.97 Å². The molecule has 1 aliphatic rings. The van der Waals surface area contributed by atoms with Crippen LogP contribution in [0.4, 0.5) is 5.82 Å². The van der Waals surface area contributed by atoms with Crippen LogP contribution in [-0.2, 0) is 6.42 Å². The Kier molecular flexibility index (Phi) is 3.38. The van der Waals surface area contributed by atoms with E-state index in [1.165, 1.54) is 11.1 Å². The van der Waals surface area contributed by atoms with Gasteiger partial charge in [-0.3, -0.25) is 0 Å². The predicted octanol–water partition coefficient (Wildman–Crippen LogP) is 3.87. The average molecular weight is 288 g/mol. The van der Waals surface area contributed by atoms with Gasteiger partial charge in [0.1, 0.15) is 5.82 Å². The van der Waals surface area contributed by atoms with E-state index >= 15 is 0 Å². The minimum atomic E-state index is 0.309. The third kappa shape index (κ3) is 2.16. The molecule has 1 atom stereocenters. The Morgan fingerprint density at radius 3 is 2.75 bits per heavy atom. The van der Waals surface area contributed by atoms with Gasteiger partial charge in [0.05, 0.1) is 6.04 Å². The second-order valence-corrected chi connectivity index (χ2v) is 5.68. The summed E-state index contributed by atoms with van der Waals surface area (Å²) in [5.74, 6) is 0.963. The number of nitrogens with zero attached hydrogens (tertiary/aromatic N) is 3. The summed E-state index contributed by atoms with van der Waals surface area (Å²) in [6.07, 6.45) is 1.04. The molecule has 1 aromatic carbocycles. The first-order valence-corrected chi connectivity index (χ1v) is 7.31. The highest BCUT2D eigenvalue weighted by Gasteiger charge is 2.26. The first-order valence-electron chi connectivity index (χ1n) is 6.93. The predicted molar refractivity (Wildman–Crippen MR) is 82.4 cm³/mol. The molecular weight excluding hydrogens is 270 g/mol. The second kappa shape index (κ2) is 5.06. The molecule has 20 heavy (non-hydrogen) atoms. The molecule has 2 heterocycles. The lowest BCUT2D eigenvalue weighted by atomic mass is 9.93. The lowest BCUT2D eigenvalue weighted by Crippen LogP contribution is -2.35. The first-order chi connectivity index (χ1) is 9.58. The van der Waals surface area contributed by atoms with E-state index in [-0.39, 0.29) is 0 Å². The molecule has 0 amide bonds. The van der Waals surface area contributed by atoms with Crippen LogP contribution in [0.25, 0.3) is 0 Å². The van der Waals surface area contributed by atoms with Gasteiger partial charge in [-0.1, -0.05) is 24.3 Å². The molecule has 0 saturated carbocycles. The zero-order valence-corrected chi connectivity index (χ0v) is 12.8. The molecule has 0 spiro atoms. The summed E-state index contributed by atoms with van der Waals surface area (Å²) >= 11 is 6.04. The summed E-state index contributed by atoms with van der Waals surface area (Å²) in [7, 11) is 0. The molecule has 0 N–H and O–H groups in total. The van der Waals surface area contributed by atoms with Crippen LogP contribution in [0.2, 0.25) is 5.28 Å². The van der Waals surface area contributed by atoms with Gasteiger partial charge in [0.25, 0.3) is 0 Å². The summed E-state index contributed by atoms with van der Waals surface area (Å²) in [6.45, 7) is 7.23. The summed E-state index contributed by atoms with van der Waals surface area (Å²) in [5.41, 5.74) is 4.88. The molecule has 3 rings (SSSR count). The third-order valence-electron chi connectivity index (χ3n) is 4.20. The standard InChI is InChI=1S/C16H18ClN3/c1-10-11(2)18-16(17)19-15(10)20-9-8-13-6-4-5-7-14(13)12(20)3/h4-7,12H,8-9H2,1-3H3. The van der Waals surface area contributed by atoms with Gasteiger partial charge in [-0.15, -0.1) is 0 Å². The van der Waals surface area contributed by atoms with Crippen LogP contribution >= 0.6 is 11.6 Å². The van der Waals surface area contributed by atoms with Gasteiger partial charge in [0.15, 0.2) is 0 Å². The maximum Gasteiger partial charge on any atom is 0.224 e. The first kappa shape index (κ1) is 13.4. The Morgan fingerprint density at radius 2 is 1.95 bits per heavy atom. The number of hydrogen-bond donors (Lipinski definition) is 0. The van der Waals surface area contributed by atoms with Crippen LogP contribution in [0.5, 0.6) is 0 Å². The molecule has 0 radical (unpaired) electrons. The SMILES string of the molecule is Cc1nc(Cl)nc(N2CCc3ccccc3C2C)c1C. The summed E-state index contributed by atoms with van der Waals surface area (Å²) < 4.78 is 0. The van der Waals surface area contributed by atoms with Gasteiger partial charge >= 0.3 is 0 Å². The van der Waals surface area contributed by atoms with Crippen LogP contribution < -0.4 is 4.90 Å². The topological polar surface area (TPSA) is 29.0 Å². The maximum absolute atomic E-state index is 6.04. The van der Waals surface area contributed by atoms with Gasteiger partial charge in [-0.2, -0.15) is 0 Å². The van der Waals surface area contributed by atoms with E-state index in [1.807, 2.05) is 6.92 Å². The zero-order valence-electron chi connectivity index (χ0n) is 12.0. The van der Waals surface area contributed by atoms with Crippen LogP contribution in [0.15, 0.2) is 24.3 Å². The molecule has 1 unspecified atom stereocenters. The van der Waals surface area contributed by atoms with Crippen molar-refractivity contribution in [1.82, 2.24) is 9.97 Å². The molecule has 4 heteroatoms. The Balaban J connectivity index is 2.05. The highest BCUT2D eigenvalue weighted by molar-refractivity contribution is 6.28. The monoisotopic (exact) mass is 287 g/mol. The highest BCUT2D eigenvalue weighted by atomic mass is 35.5. The van der Waals surface area contributed by atoms with Crippen molar-refractivity contribution in [3.05, 3.63) is 51.9 Å². The van der Waals surface area contributed by atoms with Crippen LogP contribution in [0.3, 0.4) is 0 Å². The fraction of sp³-hybridized carbons (Fsp3) is 0.375. The Labute approximate surface area is 124 Å². The van der Waals surface area contributed by atoms with E-state index in [4.69, 9.17) is 11.6 Å². The van der Waals surface area contributed by atoms with Gasteiger partial charge in [0, 0.05) is 17.8 Å². The van der Waals surface area contributed by atoms with Crippen LogP contribution in [0.1, 0.15) is 35.3 Å². The maximum atomic E-state index is 6.04. The molecule has 104 valence electrons.